The van der Waals surface area contributed by atoms with Crippen LogP contribution in [0.1, 0.15) is 75.4 Å². The molecule has 1 aromatic rings. The highest BCUT2D eigenvalue weighted by atomic mass is 16.5. The summed E-state index contributed by atoms with van der Waals surface area (Å²) >= 11 is 0. The molecule has 2 aliphatic heterocycles. The number of nitrogens with one attached hydrogen (secondary N) is 1. The number of hydrogen-bond acceptors (Lipinski definition) is 4. The van der Waals surface area contributed by atoms with Crippen LogP contribution in [0.25, 0.3) is 0 Å². The van der Waals surface area contributed by atoms with Gasteiger partial charge in [-0.25, -0.2) is 0 Å². The molecular formula is C15H23N3O. The lowest BCUT2D eigenvalue weighted by molar-refractivity contribution is 0.308. The average molecular weight is 261 g/mol. The second-order valence-electron chi connectivity index (χ2n) is 6.85. The van der Waals surface area contributed by atoms with Crippen LogP contribution in [-0.2, 0) is 0 Å². The van der Waals surface area contributed by atoms with Crippen LogP contribution < -0.4 is 5.32 Å². The van der Waals surface area contributed by atoms with E-state index in [0.717, 1.165) is 17.6 Å². The molecule has 5 atom stereocenters. The third kappa shape index (κ3) is 2.10. The molecule has 3 aliphatic rings. The molecule has 1 saturated carbocycles. The van der Waals surface area contributed by atoms with Gasteiger partial charge in [0.1, 0.15) is 0 Å². The Bertz CT molecular complexity index is 458. The third-order valence-corrected chi connectivity index (χ3v) is 5.38. The first kappa shape index (κ1) is 11.9. The van der Waals surface area contributed by atoms with E-state index in [1.165, 1.54) is 44.9 Å². The largest absolute Gasteiger partial charge is 0.339 e. The Labute approximate surface area is 114 Å². The molecule has 1 aliphatic carbocycles. The summed E-state index contributed by atoms with van der Waals surface area (Å²) in [6.45, 7) is 2.34. The van der Waals surface area contributed by atoms with Gasteiger partial charge in [0.25, 0.3) is 0 Å². The number of aromatic nitrogens is 2. The second-order valence-corrected chi connectivity index (χ2v) is 6.85. The Kier molecular flexibility index (Phi) is 2.87. The minimum Gasteiger partial charge on any atom is -0.339 e. The van der Waals surface area contributed by atoms with Crippen molar-refractivity contribution in [2.45, 2.75) is 75.8 Å². The summed E-state index contributed by atoms with van der Waals surface area (Å²) in [5.41, 5.74) is 0. The molecule has 4 nitrogen and oxygen atoms in total. The number of fused-ring (bicyclic) bond motifs is 2. The van der Waals surface area contributed by atoms with E-state index in [1.54, 1.807) is 0 Å². The monoisotopic (exact) mass is 261 g/mol. The average Bonchev–Trinajstić information content (AvgIpc) is 3.14. The van der Waals surface area contributed by atoms with Gasteiger partial charge in [-0.3, -0.25) is 0 Å². The molecule has 3 fully saturated rings. The summed E-state index contributed by atoms with van der Waals surface area (Å²) < 4.78 is 5.59. The topological polar surface area (TPSA) is 51.0 Å². The van der Waals surface area contributed by atoms with E-state index in [4.69, 9.17) is 9.51 Å². The fourth-order valence-corrected chi connectivity index (χ4v) is 4.33. The van der Waals surface area contributed by atoms with Crippen molar-refractivity contribution in [1.82, 2.24) is 15.5 Å². The molecule has 5 unspecified atom stereocenters. The van der Waals surface area contributed by atoms with Crippen molar-refractivity contribution >= 4 is 0 Å². The van der Waals surface area contributed by atoms with Crippen molar-refractivity contribution in [2.75, 3.05) is 0 Å². The first-order valence-corrected chi connectivity index (χ1v) is 7.89. The lowest BCUT2D eigenvalue weighted by atomic mass is 9.82. The Balaban J connectivity index is 1.50. The van der Waals surface area contributed by atoms with Crippen molar-refractivity contribution in [1.29, 1.82) is 0 Å². The zero-order valence-corrected chi connectivity index (χ0v) is 11.6. The highest BCUT2D eigenvalue weighted by Gasteiger charge is 2.42. The van der Waals surface area contributed by atoms with E-state index in [-0.39, 0.29) is 0 Å². The van der Waals surface area contributed by atoms with Crippen LogP contribution in [0.4, 0.5) is 0 Å². The molecule has 104 valence electrons. The van der Waals surface area contributed by atoms with Gasteiger partial charge in [0.2, 0.25) is 5.89 Å². The zero-order chi connectivity index (χ0) is 12.8. The minimum atomic E-state index is 0.473. The van der Waals surface area contributed by atoms with Gasteiger partial charge in [0.15, 0.2) is 5.82 Å². The van der Waals surface area contributed by atoms with Gasteiger partial charge in [0.05, 0.1) is 5.92 Å². The van der Waals surface area contributed by atoms with Gasteiger partial charge in [-0.1, -0.05) is 24.9 Å². The fourth-order valence-electron chi connectivity index (χ4n) is 4.33. The number of nitrogens with zero attached hydrogens (tertiary/aromatic N) is 2. The fraction of sp³-hybridized carbons (Fsp3) is 0.867. The number of hydrogen-bond donors (Lipinski definition) is 1. The van der Waals surface area contributed by atoms with Gasteiger partial charge in [-0.2, -0.15) is 4.98 Å². The van der Waals surface area contributed by atoms with E-state index in [2.05, 4.69) is 17.4 Å². The SMILES string of the molecule is CC1CCCC(c2noc(C3CC4CCC3N4)n2)C1. The first-order valence-electron chi connectivity index (χ1n) is 7.89. The Morgan fingerprint density at radius 3 is 2.84 bits per heavy atom. The van der Waals surface area contributed by atoms with E-state index in [1.807, 2.05) is 0 Å². The van der Waals surface area contributed by atoms with E-state index in [9.17, 15) is 0 Å². The standard InChI is InChI=1S/C15H23N3O/c1-9-3-2-4-10(7-9)14-17-15(19-18-14)12-8-11-5-6-13(12)16-11/h9-13,16H,2-8H2,1H3. The molecule has 1 N–H and O–H groups in total. The molecule has 4 heteroatoms. The van der Waals surface area contributed by atoms with Crippen LogP contribution >= 0.6 is 0 Å². The third-order valence-electron chi connectivity index (χ3n) is 5.38. The van der Waals surface area contributed by atoms with Crippen molar-refractivity contribution in [2.24, 2.45) is 5.92 Å². The molecule has 2 saturated heterocycles. The summed E-state index contributed by atoms with van der Waals surface area (Å²) in [4.78, 5) is 4.75. The predicted molar refractivity (Wildman–Crippen MR) is 72.0 cm³/mol. The van der Waals surface area contributed by atoms with Crippen LogP contribution in [0.3, 0.4) is 0 Å². The minimum absolute atomic E-state index is 0.473. The van der Waals surface area contributed by atoms with Gasteiger partial charge in [0, 0.05) is 18.0 Å². The normalized spacial score (nSPS) is 41.8. The van der Waals surface area contributed by atoms with Crippen molar-refractivity contribution in [3.8, 4) is 0 Å². The summed E-state index contributed by atoms with van der Waals surface area (Å²) in [7, 11) is 0. The maximum atomic E-state index is 5.59. The highest BCUT2D eigenvalue weighted by Crippen LogP contribution is 2.40. The molecule has 1 aromatic heterocycles. The molecule has 0 radical (unpaired) electrons. The van der Waals surface area contributed by atoms with Gasteiger partial charge in [-0.15, -0.1) is 0 Å². The summed E-state index contributed by atoms with van der Waals surface area (Å²) in [5.74, 6) is 3.69. The lowest BCUT2D eigenvalue weighted by Gasteiger charge is -2.24. The van der Waals surface area contributed by atoms with Gasteiger partial charge < -0.3 is 9.84 Å². The quantitative estimate of drug-likeness (QED) is 0.889. The van der Waals surface area contributed by atoms with Crippen LogP contribution in [0, 0.1) is 5.92 Å². The molecule has 0 aromatic carbocycles. The Hall–Kier alpha value is -0.900. The van der Waals surface area contributed by atoms with Crippen LogP contribution in [0.5, 0.6) is 0 Å². The molecule has 0 spiro atoms. The van der Waals surface area contributed by atoms with E-state index in [0.29, 0.717) is 23.9 Å². The maximum absolute atomic E-state index is 5.59. The summed E-state index contributed by atoms with van der Waals surface area (Å²) in [6.07, 6.45) is 8.91. The van der Waals surface area contributed by atoms with Crippen LogP contribution in [0.2, 0.25) is 0 Å². The van der Waals surface area contributed by atoms with Gasteiger partial charge >= 0.3 is 0 Å². The van der Waals surface area contributed by atoms with E-state index >= 15 is 0 Å². The van der Waals surface area contributed by atoms with Crippen LogP contribution in [-0.4, -0.2) is 22.2 Å². The number of rotatable bonds is 2. The lowest BCUT2D eigenvalue weighted by Crippen LogP contribution is -2.21. The van der Waals surface area contributed by atoms with Crippen molar-refractivity contribution < 1.29 is 4.52 Å². The van der Waals surface area contributed by atoms with Crippen molar-refractivity contribution in [3.63, 3.8) is 0 Å². The van der Waals surface area contributed by atoms with Crippen LogP contribution in [0.15, 0.2) is 4.52 Å². The molecule has 2 bridgehead atoms. The first-order chi connectivity index (χ1) is 9.29. The van der Waals surface area contributed by atoms with Gasteiger partial charge in [-0.05, 0) is 38.0 Å². The highest BCUT2D eigenvalue weighted by molar-refractivity contribution is 5.11. The zero-order valence-electron chi connectivity index (χ0n) is 11.6. The molecule has 19 heavy (non-hydrogen) atoms. The molecular weight excluding hydrogens is 238 g/mol. The predicted octanol–water partition coefficient (Wildman–Crippen LogP) is 2.97. The summed E-state index contributed by atoms with van der Waals surface area (Å²) in [5, 5.41) is 7.93. The summed E-state index contributed by atoms with van der Waals surface area (Å²) in [6, 6.07) is 1.28. The van der Waals surface area contributed by atoms with Crippen molar-refractivity contribution in [3.05, 3.63) is 11.7 Å². The second kappa shape index (κ2) is 4.58. The smallest absolute Gasteiger partial charge is 0.231 e. The molecule has 3 heterocycles. The molecule has 4 rings (SSSR count). The van der Waals surface area contributed by atoms with E-state index < -0.39 is 0 Å². The Morgan fingerprint density at radius 2 is 2.11 bits per heavy atom. The Morgan fingerprint density at radius 1 is 1.16 bits per heavy atom. The molecule has 0 amide bonds. The maximum Gasteiger partial charge on any atom is 0.231 e.